The third kappa shape index (κ3) is 2.26. The number of benzene rings is 1. The van der Waals surface area contributed by atoms with Gasteiger partial charge in [-0.05, 0) is 19.1 Å². The van der Waals surface area contributed by atoms with E-state index in [0.717, 1.165) is 0 Å². The van der Waals surface area contributed by atoms with E-state index < -0.39 is 0 Å². The molecule has 0 aliphatic rings. The number of hydrogen-bond donors (Lipinski definition) is 1. The lowest BCUT2D eigenvalue weighted by atomic mass is 10.1. The molecule has 1 N–H and O–H groups in total. The summed E-state index contributed by atoms with van der Waals surface area (Å²) >= 11 is 0. The average Bonchev–Trinajstić information content (AvgIpc) is 2.26. The highest BCUT2D eigenvalue weighted by molar-refractivity contribution is 5.80. The molecule has 1 aromatic rings. The summed E-state index contributed by atoms with van der Waals surface area (Å²) in [4.78, 5) is 12.2. The van der Waals surface area contributed by atoms with Crippen LogP contribution in [-0.4, -0.2) is 24.5 Å². The molecule has 0 aromatic heterocycles. The summed E-state index contributed by atoms with van der Waals surface area (Å²) in [5.74, 6) is -0.0699. The molecule has 1 rings (SSSR count). The molecule has 0 spiro atoms. The Balaban J connectivity index is 3.03. The fraction of sp³-hybridized carbons (Fsp3) is 0.273. The predicted octanol–water partition coefficient (Wildman–Crippen LogP) is 1.55. The Kier molecular flexibility index (Phi) is 3.29. The molecule has 0 saturated carbocycles. The van der Waals surface area contributed by atoms with Crippen LogP contribution in [0.3, 0.4) is 0 Å². The first-order chi connectivity index (χ1) is 7.10. The molecule has 1 unspecified atom stereocenters. The molecule has 0 fully saturated rings. The molecule has 0 radical (unpaired) electrons. The molecule has 15 heavy (non-hydrogen) atoms. The van der Waals surface area contributed by atoms with E-state index in [1.54, 1.807) is 24.9 Å². The highest BCUT2D eigenvalue weighted by atomic mass is 16.3. The highest BCUT2D eigenvalue weighted by Crippen LogP contribution is 2.23. The smallest absolute Gasteiger partial charge is 0.153 e. The molecule has 4 nitrogen and oxygen atoms in total. The van der Waals surface area contributed by atoms with Gasteiger partial charge in [-0.2, -0.15) is 5.26 Å². The number of aldehydes is 1. The van der Waals surface area contributed by atoms with Gasteiger partial charge in [0.15, 0.2) is 6.29 Å². The van der Waals surface area contributed by atoms with Gasteiger partial charge in [0.25, 0.3) is 0 Å². The van der Waals surface area contributed by atoms with Crippen molar-refractivity contribution in [3.63, 3.8) is 0 Å². The second-order valence-corrected chi connectivity index (χ2v) is 3.28. The third-order valence-electron chi connectivity index (χ3n) is 2.32. The van der Waals surface area contributed by atoms with Gasteiger partial charge >= 0.3 is 0 Å². The minimum atomic E-state index is -0.286. The zero-order chi connectivity index (χ0) is 11.4. The van der Waals surface area contributed by atoms with E-state index in [4.69, 9.17) is 5.26 Å². The fourth-order valence-electron chi connectivity index (χ4n) is 1.16. The van der Waals surface area contributed by atoms with E-state index in [1.807, 2.05) is 0 Å². The maximum absolute atomic E-state index is 10.5. The van der Waals surface area contributed by atoms with E-state index in [1.165, 1.54) is 12.1 Å². The van der Waals surface area contributed by atoms with Crippen LogP contribution in [0, 0.1) is 11.3 Å². The van der Waals surface area contributed by atoms with Gasteiger partial charge in [0.05, 0.1) is 11.6 Å². The van der Waals surface area contributed by atoms with Gasteiger partial charge in [-0.1, -0.05) is 0 Å². The summed E-state index contributed by atoms with van der Waals surface area (Å²) in [5.41, 5.74) is 0.948. The highest BCUT2D eigenvalue weighted by Gasteiger charge is 2.10. The number of hydrogen-bond acceptors (Lipinski definition) is 4. The van der Waals surface area contributed by atoms with Gasteiger partial charge in [-0.3, -0.25) is 4.79 Å². The van der Waals surface area contributed by atoms with Gasteiger partial charge in [-0.15, -0.1) is 0 Å². The predicted molar refractivity (Wildman–Crippen MR) is 57.0 cm³/mol. The summed E-state index contributed by atoms with van der Waals surface area (Å²) < 4.78 is 0. The summed E-state index contributed by atoms with van der Waals surface area (Å²) in [5, 5.41) is 18.2. The first-order valence-electron chi connectivity index (χ1n) is 4.50. The van der Waals surface area contributed by atoms with Crippen LogP contribution in [-0.2, 0) is 0 Å². The van der Waals surface area contributed by atoms with Crippen molar-refractivity contribution in [3.05, 3.63) is 23.8 Å². The van der Waals surface area contributed by atoms with Crippen LogP contribution in [0.4, 0.5) is 5.69 Å². The molecule has 0 aliphatic heterocycles. The number of phenolic OH excluding ortho intramolecular Hbond substituents is 1. The number of aromatic hydroxyl groups is 1. The maximum atomic E-state index is 10.5. The molecule has 1 aromatic carbocycles. The number of nitriles is 1. The van der Waals surface area contributed by atoms with Crippen LogP contribution < -0.4 is 4.90 Å². The summed E-state index contributed by atoms with van der Waals surface area (Å²) in [6, 6.07) is 6.49. The fourth-order valence-corrected chi connectivity index (χ4v) is 1.16. The summed E-state index contributed by atoms with van der Waals surface area (Å²) in [7, 11) is 1.75. The van der Waals surface area contributed by atoms with Crippen molar-refractivity contribution in [3.8, 4) is 11.8 Å². The molecule has 4 heteroatoms. The van der Waals surface area contributed by atoms with Crippen molar-refractivity contribution in [2.24, 2.45) is 0 Å². The Morgan fingerprint density at radius 2 is 2.27 bits per heavy atom. The SMILES string of the molecule is CC(C#N)N(C)c1ccc(C=O)c(O)c1. The normalized spacial score (nSPS) is 11.5. The minimum Gasteiger partial charge on any atom is -0.507 e. The number of carbonyl (C=O) groups is 1. The number of carbonyl (C=O) groups excluding carboxylic acids is 1. The lowest BCUT2D eigenvalue weighted by molar-refractivity contribution is 0.112. The van der Waals surface area contributed by atoms with Gasteiger partial charge < -0.3 is 10.0 Å². The van der Waals surface area contributed by atoms with E-state index in [0.29, 0.717) is 12.0 Å². The first-order valence-corrected chi connectivity index (χ1v) is 4.50. The zero-order valence-corrected chi connectivity index (χ0v) is 8.64. The number of anilines is 1. The lowest BCUT2D eigenvalue weighted by Gasteiger charge is -2.21. The Morgan fingerprint density at radius 3 is 2.73 bits per heavy atom. The Morgan fingerprint density at radius 1 is 1.60 bits per heavy atom. The molecular weight excluding hydrogens is 192 g/mol. The maximum Gasteiger partial charge on any atom is 0.153 e. The number of rotatable bonds is 3. The zero-order valence-electron chi connectivity index (χ0n) is 8.64. The summed E-state index contributed by atoms with van der Waals surface area (Å²) in [6.45, 7) is 1.75. The second kappa shape index (κ2) is 4.47. The molecule has 0 saturated heterocycles. The van der Waals surface area contributed by atoms with E-state index >= 15 is 0 Å². The molecule has 0 aliphatic carbocycles. The van der Waals surface area contributed by atoms with Crippen molar-refractivity contribution in [1.29, 1.82) is 5.26 Å². The van der Waals surface area contributed by atoms with E-state index in [-0.39, 0.29) is 17.4 Å². The topological polar surface area (TPSA) is 64.3 Å². The Hall–Kier alpha value is -2.02. The quantitative estimate of drug-likeness (QED) is 0.759. The van der Waals surface area contributed by atoms with Gasteiger partial charge in [0.2, 0.25) is 0 Å². The molecule has 0 amide bonds. The largest absolute Gasteiger partial charge is 0.507 e. The molecule has 0 bridgehead atoms. The number of phenols is 1. The standard InChI is InChI=1S/C11H12N2O2/c1-8(6-12)13(2)10-4-3-9(7-14)11(15)5-10/h3-5,7-8,15H,1-2H3. The van der Waals surface area contributed by atoms with Crippen LogP contribution in [0.2, 0.25) is 0 Å². The van der Waals surface area contributed by atoms with Crippen LogP contribution in [0.1, 0.15) is 17.3 Å². The Bertz CT molecular complexity index is 410. The van der Waals surface area contributed by atoms with Crippen LogP contribution in [0.5, 0.6) is 5.75 Å². The first kappa shape index (κ1) is 11.1. The van der Waals surface area contributed by atoms with Gasteiger partial charge in [0.1, 0.15) is 11.8 Å². The summed E-state index contributed by atoms with van der Waals surface area (Å²) in [6.07, 6.45) is 0.590. The second-order valence-electron chi connectivity index (χ2n) is 3.28. The molecular formula is C11H12N2O2. The number of nitrogens with zero attached hydrogens (tertiary/aromatic N) is 2. The van der Waals surface area contributed by atoms with Crippen LogP contribution >= 0.6 is 0 Å². The van der Waals surface area contributed by atoms with E-state index in [2.05, 4.69) is 6.07 Å². The lowest BCUT2D eigenvalue weighted by Crippen LogP contribution is -2.26. The minimum absolute atomic E-state index is 0.0699. The molecule has 0 heterocycles. The van der Waals surface area contributed by atoms with Gasteiger partial charge in [-0.25, -0.2) is 0 Å². The monoisotopic (exact) mass is 204 g/mol. The van der Waals surface area contributed by atoms with E-state index in [9.17, 15) is 9.90 Å². The van der Waals surface area contributed by atoms with Crippen LogP contribution in [0.15, 0.2) is 18.2 Å². The average molecular weight is 204 g/mol. The van der Waals surface area contributed by atoms with Crippen LogP contribution in [0.25, 0.3) is 0 Å². The Labute approximate surface area is 88.4 Å². The van der Waals surface area contributed by atoms with Crippen molar-refractivity contribution in [2.45, 2.75) is 13.0 Å². The molecule has 78 valence electrons. The van der Waals surface area contributed by atoms with Crippen molar-refractivity contribution in [1.82, 2.24) is 0 Å². The molecule has 1 atom stereocenters. The van der Waals surface area contributed by atoms with Crippen molar-refractivity contribution in [2.75, 3.05) is 11.9 Å². The van der Waals surface area contributed by atoms with Gasteiger partial charge in [0, 0.05) is 18.8 Å². The van der Waals surface area contributed by atoms with Crippen molar-refractivity contribution >= 4 is 12.0 Å². The van der Waals surface area contributed by atoms with Crippen molar-refractivity contribution < 1.29 is 9.90 Å². The third-order valence-corrected chi connectivity index (χ3v) is 2.32.